The van der Waals surface area contributed by atoms with Gasteiger partial charge < -0.3 is 36.0 Å². The molecule has 13 heteroatoms. The summed E-state index contributed by atoms with van der Waals surface area (Å²) in [5, 5.41) is 19.4. The lowest BCUT2D eigenvalue weighted by Gasteiger charge is -2.30. The Morgan fingerprint density at radius 1 is 0.947 bits per heavy atom. The summed E-state index contributed by atoms with van der Waals surface area (Å²) in [4.78, 5) is 75.3. The van der Waals surface area contributed by atoms with E-state index in [-0.39, 0.29) is 11.8 Å². The quantitative estimate of drug-likeness (QED) is 0.235. The molecule has 1 heterocycles. The molecule has 13 nitrogen and oxygen atoms in total. The van der Waals surface area contributed by atoms with Gasteiger partial charge in [-0.15, -0.1) is 0 Å². The van der Waals surface area contributed by atoms with Crippen molar-refractivity contribution in [2.45, 2.75) is 91.5 Å². The largest absolute Gasteiger partial charge is 0.480 e. The van der Waals surface area contributed by atoms with E-state index < -0.39 is 72.5 Å². The molecule has 1 fully saturated rings. The molecule has 4 atom stereocenters. The van der Waals surface area contributed by atoms with Crippen molar-refractivity contribution in [1.29, 1.82) is 0 Å². The van der Waals surface area contributed by atoms with Crippen molar-refractivity contribution in [2.75, 3.05) is 19.6 Å². The molecule has 216 valence electrons. The first kappa shape index (κ1) is 32.6. The van der Waals surface area contributed by atoms with Crippen LogP contribution in [-0.2, 0) is 28.7 Å². The fraction of sp³-hybridized carbons (Fsp3) is 0.760. The summed E-state index contributed by atoms with van der Waals surface area (Å²) in [6, 6.07) is -2.85. The molecule has 0 radical (unpaired) electrons. The maximum Gasteiger partial charge on any atom is 0.408 e. The molecule has 38 heavy (non-hydrogen) atoms. The topological polar surface area (TPSA) is 183 Å². The molecule has 0 aromatic carbocycles. The van der Waals surface area contributed by atoms with Crippen LogP contribution in [0.2, 0.25) is 0 Å². The minimum Gasteiger partial charge on any atom is -0.480 e. The van der Waals surface area contributed by atoms with Gasteiger partial charge in [0.2, 0.25) is 23.6 Å². The second-order valence-corrected chi connectivity index (χ2v) is 10.8. The van der Waals surface area contributed by atoms with Crippen molar-refractivity contribution < 1.29 is 38.6 Å². The van der Waals surface area contributed by atoms with Gasteiger partial charge in [0.15, 0.2) is 0 Å². The molecular weight excluding hydrogens is 498 g/mol. The molecule has 0 aliphatic carbocycles. The van der Waals surface area contributed by atoms with Crippen LogP contribution in [0.15, 0.2) is 0 Å². The van der Waals surface area contributed by atoms with Gasteiger partial charge >= 0.3 is 12.1 Å². The molecule has 0 aromatic heterocycles. The number of carbonyl (C=O) groups excluding carboxylic acids is 5. The van der Waals surface area contributed by atoms with Crippen LogP contribution in [-0.4, -0.2) is 89.1 Å². The Hall–Kier alpha value is -3.38. The van der Waals surface area contributed by atoms with Gasteiger partial charge in [0.1, 0.15) is 30.3 Å². The highest BCUT2D eigenvalue weighted by Gasteiger charge is 2.39. The summed E-state index contributed by atoms with van der Waals surface area (Å²) >= 11 is 0. The normalized spacial score (nSPS) is 17.7. The van der Waals surface area contributed by atoms with Crippen LogP contribution in [0.3, 0.4) is 0 Å². The van der Waals surface area contributed by atoms with Gasteiger partial charge in [0.05, 0.1) is 6.54 Å². The Balaban J connectivity index is 2.71. The Kier molecular flexibility index (Phi) is 12.5. The fourth-order valence-electron chi connectivity index (χ4n) is 3.88. The van der Waals surface area contributed by atoms with Crippen molar-refractivity contribution in [2.24, 2.45) is 11.8 Å². The van der Waals surface area contributed by atoms with E-state index in [0.717, 1.165) is 0 Å². The number of rotatable bonds is 12. The van der Waals surface area contributed by atoms with E-state index >= 15 is 0 Å². The summed E-state index contributed by atoms with van der Waals surface area (Å²) in [5.74, 6) is -4.00. The highest BCUT2D eigenvalue weighted by atomic mass is 16.6. The number of hydrogen-bond donors (Lipinski definition) is 5. The maximum atomic E-state index is 13.1. The number of aliphatic carboxylic acids is 1. The number of hydrogen-bond acceptors (Lipinski definition) is 7. The minimum absolute atomic E-state index is 0.266. The first-order valence-electron chi connectivity index (χ1n) is 12.9. The molecule has 5 N–H and O–H groups in total. The summed E-state index contributed by atoms with van der Waals surface area (Å²) < 4.78 is 5.07. The van der Waals surface area contributed by atoms with Crippen molar-refractivity contribution >= 4 is 35.7 Å². The number of carboxylic acids is 1. The molecule has 0 saturated carbocycles. The third-order valence-electron chi connectivity index (χ3n) is 6.10. The second-order valence-electron chi connectivity index (χ2n) is 10.8. The number of alkyl carbamates (subject to hydrolysis) is 1. The third kappa shape index (κ3) is 10.5. The lowest BCUT2D eigenvalue weighted by atomic mass is 9.97. The summed E-state index contributed by atoms with van der Waals surface area (Å²) in [6.45, 7) is 11.5. The number of ether oxygens (including phenoxy) is 1. The summed E-state index contributed by atoms with van der Waals surface area (Å²) in [5.41, 5.74) is -0.730. The monoisotopic (exact) mass is 541 g/mol. The number of nitrogens with zero attached hydrogens (tertiary/aromatic N) is 1. The molecular formula is C25H43N5O8. The Bertz CT molecular complexity index is 885. The third-order valence-corrected chi connectivity index (χ3v) is 6.10. The smallest absolute Gasteiger partial charge is 0.408 e. The second kappa shape index (κ2) is 14.5. The number of likely N-dealkylation sites (tertiary alicyclic amines) is 1. The molecule has 1 aliphatic heterocycles. The van der Waals surface area contributed by atoms with Crippen LogP contribution >= 0.6 is 0 Å². The molecule has 1 aliphatic rings. The van der Waals surface area contributed by atoms with Crippen molar-refractivity contribution in [3.8, 4) is 0 Å². The molecule has 0 bridgehead atoms. The van der Waals surface area contributed by atoms with Gasteiger partial charge in [0.25, 0.3) is 0 Å². The van der Waals surface area contributed by atoms with Gasteiger partial charge in [-0.2, -0.15) is 0 Å². The Labute approximate surface area is 223 Å². The Morgan fingerprint density at radius 2 is 1.50 bits per heavy atom. The highest BCUT2D eigenvalue weighted by Crippen LogP contribution is 2.21. The molecule has 1 saturated heterocycles. The van der Waals surface area contributed by atoms with E-state index in [9.17, 15) is 33.9 Å². The number of carboxylic acid groups (broad SMARTS) is 1. The highest BCUT2D eigenvalue weighted by molar-refractivity contribution is 5.94. The molecule has 0 aromatic rings. The average molecular weight is 542 g/mol. The predicted octanol–water partition coefficient (Wildman–Crippen LogP) is 0.375. The van der Waals surface area contributed by atoms with Crippen molar-refractivity contribution in [1.82, 2.24) is 26.2 Å². The van der Waals surface area contributed by atoms with Crippen molar-refractivity contribution in [3.05, 3.63) is 0 Å². The molecule has 0 unspecified atom stereocenters. The number of carbonyl (C=O) groups is 6. The van der Waals surface area contributed by atoms with Gasteiger partial charge in [-0.25, -0.2) is 9.59 Å². The van der Waals surface area contributed by atoms with Crippen LogP contribution in [0.5, 0.6) is 0 Å². The lowest BCUT2D eigenvalue weighted by Crippen LogP contribution is -2.57. The van der Waals surface area contributed by atoms with Gasteiger partial charge in [-0.05, 0) is 45.4 Å². The first-order chi connectivity index (χ1) is 17.6. The predicted molar refractivity (Wildman–Crippen MR) is 138 cm³/mol. The van der Waals surface area contributed by atoms with Gasteiger partial charge in [-0.1, -0.05) is 34.1 Å². The van der Waals surface area contributed by atoms with Crippen LogP contribution in [0.1, 0.15) is 67.7 Å². The minimum atomic E-state index is -1.08. The van der Waals surface area contributed by atoms with Crippen LogP contribution < -0.4 is 21.3 Å². The Morgan fingerprint density at radius 3 is 2.00 bits per heavy atom. The van der Waals surface area contributed by atoms with Crippen LogP contribution in [0.25, 0.3) is 0 Å². The molecule has 0 spiro atoms. The van der Waals surface area contributed by atoms with Crippen LogP contribution in [0.4, 0.5) is 4.79 Å². The summed E-state index contributed by atoms with van der Waals surface area (Å²) in [6.07, 6.45) is 0.709. The van der Waals surface area contributed by atoms with E-state index in [1.165, 1.54) is 4.90 Å². The van der Waals surface area contributed by atoms with Gasteiger partial charge in [-0.3, -0.25) is 19.2 Å². The fourth-order valence-corrected chi connectivity index (χ4v) is 3.88. The molecule has 1 rings (SSSR count). The maximum absolute atomic E-state index is 13.1. The zero-order chi connectivity index (χ0) is 29.2. The first-order valence-corrected chi connectivity index (χ1v) is 12.9. The van der Waals surface area contributed by atoms with Crippen LogP contribution in [0, 0.1) is 11.8 Å². The zero-order valence-corrected chi connectivity index (χ0v) is 23.4. The zero-order valence-electron chi connectivity index (χ0n) is 23.4. The van der Waals surface area contributed by atoms with Gasteiger partial charge in [0, 0.05) is 6.54 Å². The average Bonchev–Trinajstić information content (AvgIpc) is 3.31. The summed E-state index contributed by atoms with van der Waals surface area (Å²) in [7, 11) is 0. The van der Waals surface area contributed by atoms with E-state index in [0.29, 0.717) is 25.8 Å². The number of amides is 5. The SMILES string of the molecule is CC[C@H](C)[C@H](NC(=O)CNC(=O)[C@@H](NC(=O)CNC(=O)OC(C)(C)C)C(C)C)C(=O)N1CCC[C@H]1C(=O)O. The molecule has 5 amide bonds. The number of nitrogens with one attached hydrogen (secondary N) is 4. The standard InChI is InChI=1S/C25H43N5O8/c1-8-15(4)20(22(34)30-11-9-10-16(30)23(35)36)29-17(31)12-26-21(33)19(14(2)3)28-18(32)13-27-24(37)38-25(5,6)7/h14-16,19-20H,8-13H2,1-7H3,(H,26,33)(H,27,37)(H,28,32)(H,29,31)(H,35,36)/t15-,16-,19-,20-/m0/s1. The lowest BCUT2D eigenvalue weighted by molar-refractivity contribution is -0.150. The van der Waals surface area contributed by atoms with E-state index in [2.05, 4.69) is 21.3 Å². The van der Waals surface area contributed by atoms with E-state index in [1.54, 1.807) is 41.5 Å². The van der Waals surface area contributed by atoms with Crippen molar-refractivity contribution in [3.63, 3.8) is 0 Å². The van der Waals surface area contributed by atoms with E-state index in [4.69, 9.17) is 4.74 Å². The van der Waals surface area contributed by atoms with E-state index in [1.807, 2.05) is 6.92 Å².